The number of pyridine rings is 1. The van der Waals surface area contributed by atoms with Crippen LogP contribution < -0.4 is 15.1 Å². The van der Waals surface area contributed by atoms with Gasteiger partial charge < -0.3 is 14.6 Å². The molecule has 4 aromatic carbocycles. The van der Waals surface area contributed by atoms with E-state index in [4.69, 9.17) is 9.97 Å². The summed E-state index contributed by atoms with van der Waals surface area (Å²) in [4.78, 5) is 18.7. The second-order valence-electron chi connectivity index (χ2n) is 17.0. The molecule has 56 heavy (non-hydrogen) atoms. The minimum absolute atomic E-state index is 0.0253. The highest BCUT2D eigenvalue weighted by atomic mass is 15.3. The minimum atomic E-state index is -0.132. The summed E-state index contributed by atoms with van der Waals surface area (Å²) >= 11 is 0. The number of fused-ring (bicyclic) bond motifs is 1. The van der Waals surface area contributed by atoms with Crippen LogP contribution in [0.15, 0.2) is 128 Å². The molecule has 1 aliphatic heterocycles. The molecule has 1 N–H and O–H groups in total. The Morgan fingerprint density at radius 2 is 1.38 bits per heavy atom. The number of H-pyrrole nitrogens is 1. The van der Waals surface area contributed by atoms with Crippen molar-refractivity contribution in [2.45, 2.75) is 86.0 Å². The van der Waals surface area contributed by atoms with Crippen molar-refractivity contribution < 1.29 is 0 Å². The fourth-order valence-electron chi connectivity index (χ4n) is 8.45. The Morgan fingerprint density at radius 3 is 2.05 bits per heavy atom. The number of anilines is 4. The highest BCUT2D eigenvalue weighted by Crippen LogP contribution is 2.47. The molecule has 4 heterocycles. The van der Waals surface area contributed by atoms with Crippen LogP contribution >= 0.6 is 0 Å². The van der Waals surface area contributed by atoms with E-state index in [-0.39, 0.29) is 12.4 Å². The molecule has 1 aliphatic rings. The van der Waals surface area contributed by atoms with Crippen LogP contribution in [0.1, 0.15) is 99.4 Å². The van der Waals surface area contributed by atoms with Crippen LogP contribution in [0.5, 0.6) is 0 Å². The fourth-order valence-corrected chi connectivity index (χ4v) is 8.45. The van der Waals surface area contributed by atoms with Gasteiger partial charge in [0, 0.05) is 36.4 Å². The number of nitrogens with zero attached hydrogens (tertiary/aromatic N) is 5. The second kappa shape index (κ2) is 14.7. The van der Waals surface area contributed by atoms with Crippen LogP contribution in [0.3, 0.4) is 0 Å². The van der Waals surface area contributed by atoms with E-state index in [2.05, 4.69) is 197 Å². The summed E-state index contributed by atoms with van der Waals surface area (Å²) in [6, 6.07) is 39.9. The number of para-hydroxylation sites is 2. The maximum atomic E-state index is 5.09. The van der Waals surface area contributed by atoms with Crippen molar-refractivity contribution in [3.8, 4) is 17.2 Å². The molecule has 0 saturated carbocycles. The molecule has 0 fully saturated rings. The summed E-state index contributed by atoms with van der Waals surface area (Å²) in [5, 5.41) is 0. The predicted molar refractivity (Wildman–Crippen MR) is 236 cm³/mol. The Kier molecular flexibility index (Phi) is 9.74. The number of nitrogens with one attached hydrogen (secondary N) is 1. The van der Waals surface area contributed by atoms with Crippen molar-refractivity contribution in [2.24, 2.45) is 0 Å². The van der Waals surface area contributed by atoms with E-state index in [1.54, 1.807) is 0 Å². The van der Waals surface area contributed by atoms with Gasteiger partial charge in [-0.25, -0.2) is 9.97 Å². The van der Waals surface area contributed by atoms with Gasteiger partial charge in [0.15, 0.2) is 5.82 Å². The largest absolute Gasteiger partial charge is 0.422 e. The van der Waals surface area contributed by atoms with Gasteiger partial charge in [0.1, 0.15) is 5.82 Å². The quantitative estimate of drug-likeness (QED) is 0.150. The van der Waals surface area contributed by atoms with Crippen molar-refractivity contribution in [1.29, 1.82) is 0 Å². The van der Waals surface area contributed by atoms with Gasteiger partial charge in [0.2, 0.25) is 0 Å². The van der Waals surface area contributed by atoms with E-state index >= 15 is 0 Å². The third-order valence-corrected chi connectivity index (χ3v) is 11.3. The highest BCUT2D eigenvalue weighted by Gasteiger charge is 2.45. The number of aromatic amines is 1. The number of rotatable bonds is 9. The van der Waals surface area contributed by atoms with Crippen LogP contribution in [-0.4, -0.2) is 26.5 Å². The lowest BCUT2D eigenvalue weighted by Crippen LogP contribution is -2.55. The van der Waals surface area contributed by atoms with Gasteiger partial charge in [-0.3, -0.25) is 4.57 Å². The molecular formula is C49H53BN6. The third kappa shape index (κ3) is 6.74. The Hall–Kier alpha value is -5.82. The van der Waals surface area contributed by atoms with Gasteiger partial charge >= 0.3 is 6.98 Å². The molecule has 3 aromatic heterocycles. The van der Waals surface area contributed by atoms with Gasteiger partial charge in [-0.15, -0.1) is 0 Å². The van der Waals surface area contributed by atoms with Crippen molar-refractivity contribution in [3.63, 3.8) is 0 Å². The van der Waals surface area contributed by atoms with Gasteiger partial charge in [-0.1, -0.05) is 120 Å². The summed E-state index contributed by atoms with van der Waals surface area (Å²) in [7, 11) is 0. The number of aromatic nitrogens is 4. The Bertz CT molecular complexity index is 2460. The minimum Gasteiger partial charge on any atom is -0.360 e. The first-order chi connectivity index (χ1) is 26.9. The second-order valence-corrected chi connectivity index (χ2v) is 17.0. The first kappa shape index (κ1) is 37.1. The van der Waals surface area contributed by atoms with Crippen LogP contribution in [0.25, 0.3) is 17.2 Å². The van der Waals surface area contributed by atoms with E-state index in [9.17, 15) is 0 Å². The lowest BCUT2D eigenvalue weighted by atomic mass is 9.61. The maximum Gasteiger partial charge on any atom is 0.422 e. The van der Waals surface area contributed by atoms with E-state index in [0.717, 1.165) is 46.5 Å². The summed E-state index contributed by atoms with van der Waals surface area (Å²) in [5.74, 6) is 2.64. The summed E-state index contributed by atoms with van der Waals surface area (Å²) in [6.07, 6.45) is 6.74. The summed E-state index contributed by atoms with van der Waals surface area (Å²) < 4.78 is 2.28. The Labute approximate surface area is 333 Å². The topological polar surface area (TPSA) is 53.0 Å². The fraction of sp³-hybridized carbons (Fsp3) is 0.265. The first-order valence-corrected chi connectivity index (χ1v) is 20.0. The van der Waals surface area contributed by atoms with Crippen LogP contribution in [0.4, 0.5) is 22.9 Å². The lowest BCUT2D eigenvalue weighted by Gasteiger charge is -2.32. The number of hydrogen-bond donors (Lipinski definition) is 1. The molecule has 282 valence electrons. The Morgan fingerprint density at radius 1 is 0.679 bits per heavy atom. The van der Waals surface area contributed by atoms with E-state index in [1.807, 2.05) is 12.4 Å². The highest BCUT2D eigenvalue weighted by molar-refractivity contribution is 6.85. The zero-order valence-electron chi connectivity index (χ0n) is 34.3. The summed E-state index contributed by atoms with van der Waals surface area (Å²) in [6.45, 7) is 20.2. The number of aryl methyl sites for hydroxylation is 2. The zero-order valence-corrected chi connectivity index (χ0v) is 34.3. The van der Waals surface area contributed by atoms with Crippen LogP contribution in [0, 0.1) is 13.8 Å². The zero-order chi connectivity index (χ0) is 39.3. The molecule has 0 saturated heterocycles. The van der Waals surface area contributed by atoms with Crippen molar-refractivity contribution in [2.75, 3.05) is 9.62 Å². The normalized spacial score (nSPS) is 13.0. The molecule has 0 amide bonds. The van der Waals surface area contributed by atoms with Crippen molar-refractivity contribution in [3.05, 3.63) is 167 Å². The molecule has 0 spiro atoms. The smallest absolute Gasteiger partial charge is 0.360 e. The maximum absolute atomic E-state index is 5.09. The molecular weight excluding hydrogens is 683 g/mol. The molecule has 8 rings (SSSR count). The monoisotopic (exact) mass is 736 g/mol. The number of imidazole rings is 1. The van der Waals surface area contributed by atoms with Crippen LogP contribution in [0.2, 0.25) is 0 Å². The molecule has 0 unspecified atom stereocenters. The molecule has 0 aliphatic carbocycles. The summed E-state index contributed by atoms with van der Waals surface area (Å²) in [5.41, 5.74) is 15.8. The SMILES string of the molecule is Cc1cccc(C)c1B1N(c2ccccc2)c2ccc(Cc3ccc(-c4nccn4-c4c(C(C)C)cccc4C(C)C)[nH]3)cc2N1c1cc(C(C)(C)C)ccn1. The standard InChI is InChI=1S/C49H53BN6/c1-32(2)40-19-14-20-41(33(3)4)47(40)54-28-27-52-48(54)42-23-22-38(53-42)29-36-21-24-43-44(30-36)56(45-31-37(25-26-51-45)49(7,8)9)50(46-34(5)15-13-16-35(46)6)55(43)39-17-11-10-12-18-39/h10-28,30-33,53H,29H2,1-9H3. The number of hydrogen-bond acceptors (Lipinski definition) is 4. The van der Waals surface area contributed by atoms with E-state index in [1.165, 1.54) is 44.5 Å². The average molecular weight is 737 g/mol. The third-order valence-electron chi connectivity index (χ3n) is 11.3. The van der Waals surface area contributed by atoms with E-state index < -0.39 is 0 Å². The van der Waals surface area contributed by atoms with Gasteiger partial charge in [0.25, 0.3) is 0 Å². The van der Waals surface area contributed by atoms with Gasteiger partial charge in [-0.05, 0) is 107 Å². The molecule has 0 bridgehead atoms. The van der Waals surface area contributed by atoms with E-state index in [0.29, 0.717) is 11.8 Å². The lowest BCUT2D eigenvalue weighted by molar-refractivity contribution is 0.589. The molecule has 0 radical (unpaired) electrons. The Balaban J connectivity index is 1.23. The van der Waals surface area contributed by atoms with Crippen molar-refractivity contribution >= 4 is 35.3 Å². The van der Waals surface area contributed by atoms with Gasteiger partial charge in [-0.2, -0.15) is 0 Å². The average Bonchev–Trinajstić information content (AvgIpc) is 3.92. The first-order valence-electron chi connectivity index (χ1n) is 20.0. The molecule has 7 aromatic rings. The van der Waals surface area contributed by atoms with Crippen LogP contribution in [-0.2, 0) is 11.8 Å². The molecule has 7 heteroatoms. The molecule has 6 nitrogen and oxygen atoms in total. The van der Waals surface area contributed by atoms with Gasteiger partial charge in [0.05, 0.1) is 22.8 Å². The van der Waals surface area contributed by atoms with Crippen molar-refractivity contribution in [1.82, 2.24) is 19.5 Å². The molecule has 0 atom stereocenters. The predicted octanol–water partition coefficient (Wildman–Crippen LogP) is 11.7. The number of benzene rings is 4.